The average Bonchev–Trinajstić information content (AvgIpc) is 2.89. The molecule has 0 aromatic heterocycles. The van der Waals surface area contributed by atoms with Crippen molar-refractivity contribution >= 4 is 15.9 Å². The molecule has 1 amide bonds. The van der Waals surface area contributed by atoms with E-state index in [0.717, 1.165) is 28.7 Å². The second-order valence-electron chi connectivity index (χ2n) is 9.72. The molecule has 1 saturated carbocycles. The lowest BCUT2D eigenvalue weighted by Gasteiger charge is -2.29. The standard InChI is InChI=1S/C29H34FN3O3S/c1-20(22-5-11-26(30)12-6-22)32-29(34)24-7-13-27(14-8-24)33-37(35,36)28-15-9-23(10-16-28)25-4-2-3-21(19-25)17-18-31/h2-6,9-12,15-16,19-20,24,27,33H,7-8,13-14,17-18,31H2,1H3,(H,32,34). The summed E-state index contributed by atoms with van der Waals surface area (Å²) in [5.74, 6) is -0.533. The van der Waals surface area contributed by atoms with E-state index in [1.807, 2.05) is 37.3 Å². The molecule has 0 spiro atoms. The quantitative estimate of drug-likeness (QED) is 0.378. The van der Waals surface area contributed by atoms with Gasteiger partial charge in [0.2, 0.25) is 15.9 Å². The van der Waals surface area contributed by atoms with Crippen molar-refractivity contribution in [2.45, 2.75) is 56.0 Å². The van der Waals surface area contributed by atoms with Crippen molar-refractivity contribution in [1.82, 2.24) is 10.0 Å². The highest BCUT2D eigenvalue weighted by Crippen LogP contribution is 2.28. The SMILES string of the molecule is CC(NC(=O)C1CCC(NS(=O)(=O)c2ccc(-c3cccc(CCN)c3)cc2)CC1)c1ccc(F)cc1. The van der Waals surface area contributed by atoms with E-state index >= 15 is 0 Å². The minimum atomic E-state index is -3.67. The Morgan fingerprint density at radius 3 is 2.30 bits per heavy atom. The molecule has 3 aromatic rings. The number of carbonyl (C=O) groups is 1. The predicted octanol–water partition coefficient (Wildman–Crippen LogP) is 4.71. The largest absolute Gasteiger partial charge is 0.349 e. The first-order valence-corrected chi connectivity index (χ1v) is 14.2. The zero-order chi connectivity index (χ0) is 26.4. The number of rotatable bonds is 9. The molecule has 196 valence electrons. The molecular formula is C29H34FN3O3S. The first-order chi connectivity index (χ1) is 17.7. The second kappa shape index (κ2) is 12.0. The summed E-state index contributed by atoms with van der Waals surface area (Å²) in [6.45, 7) is 2.45. The van der Waals surface area contributed by atoms with Gasteiger partial charge in [0, 0.05) is 12.0 Å². The van der Waals surface area contributed by atoms with E-state index in [2.05, 4.69) is 16.1 Å². The lowest BCUT2D eigenvalue weighted by molar-refractivity contribution is -0.126. The third-order valence-electron chi connectivity index (χ3n) is 7.01. The molecular weight excluding hydrogens is 489 g/mol. The summed E-state index contributed by atoms with van der Waals surface area (Å²) in [6, 6.07) is 20.6. The highest BCUT2D eigenvalue weighted by atomic mass is 32.2. The highest BCUT2D eigenvalue weighted by Gasteiger charge is 2.29. The van der Waals surface area contributed by atoms with Crippen LogP contribution in [0.2, 0.25) is 0 Å². The van der Waals surface area contributed by atoms with Crippen LogP contribution in [0.1, 0.15) is 49.8 Å². The number of nitrogens with one attached hydrogen (secondary N) is 2. The van der Waals surface area contributed by atoms with Crippen LogP contribution in [-0.2, 0) is 21.2 Å². The molecule has 0 radical (unpaired) electrons. The fraction of sp³-hybridized carbons (Fsp3) is 0.345. The van der Waals surface area contributed by atoms with Gasteiger partial charge in [-0.25, -0.2) is 17.5 Å². The van der Waals surface area contributed by atoms with Crippen molar-refractivity contribution in [3.05, 3.63) is 89.7 Å². The third-order valence-corrected chi connectivity index (χ3v) is 8.54. The fourth-order valence-electron chi connectivity index (χ4n) is 4.83. The number of benzene rings is 3. The van der Waals surface area contributed by atoms with E-state index in [4.69, 9.17) is 5.73 Å². The Bertz CT molecular complexity index is 1300. The average molecular weight is 524 g/mol. The summed E-state index contributed by atoms with van der Waals surface area (Å²) in [5.41, 5.74) is 9.61. The van der Waals surface area contributed by atoms with Gasteiger partial charge >= 0.3 is 0 Å². The maximum Gasteiger partial charge on any atom is 0.240 e. The molecule has 1 fully saturated rings. The second-order valence-corrected chi connectivity index (χ2v) is 11.4. The smallest absolute Gasteiger partial charge is 0.240 e. The molecule has 1 aliphatic rings. The van der Waals surface area contributed by atoms with E-state index in [-0.39, 0.29) is 34.6 Å². The van der Waals surface area contributed by atoms with E-state index < -0.39 is 10.0 Å². The first kappa shape index (κ1) is 27.0. The van der Waals surface area contributed by atoms with Crippen LogP contribution < -0.4 is 15.8 Å². The molecule has 1 unspecified atom stereocenters. The monoisotopic (exact) mass is 523 g/mol. The van der Waals surface area contributed by atoms with Crippen LogP contribution >= 0.6 is 0 Å². The van der Waals surface area contributed by atoms with Crippen LogP contribution in [-0.4, -0.2) is 26.9 Å². The molecule has 6 nitrogen and oxygen atoms in total. The maximum atomic E-state index is 13.2. The minimum absolute atomic E-state index is 0.0516. The summed E-state index contributed by atoms with van der Waals surface area (Å²) < 4.78 is 42.0. The summed E-state index contributed by atoms with van der Waals surface area (Å²) >= 11 is 0. The Balaban J connectivity index is 1.30. The van der Waals surface area contributed by atoms with Gasteiger partial charge in [0.15, 0.2) is 0 Å². The lowest BCUT2D eigenvalue weighted by Crippen LogP contribution is -2.41. The summed E-state index contributed by atoms with van der Waals surface area (Å²) in [7, 11) is -3.67. The van der Waals surface area contributed by atoms with Crippen LogP contribution in [0.5, 0.6) is 0 Å². The highest BCUT2D eigenvalue weighted by molar-refractivity contribution is 7.89. The Hall–Kier alpha value is -3.07. The normalized spacial score (nSPS) is 18.8. The zero-order valence-corrected chi connectivity index (χ0v) is 21.8. The number of nitrogens with two attached hydrogens (primary N) is 1. The van der Waals surface area contributed by atoms with Crippen LogP contribution in [0.4, 0.5) is 4.39 Å². The molecule has 0 aliphatic heterocycles. The van der Waals surface area contributed by atoms with Gasteiger partial charge in [0.05, 0.1) is 10.9 Å². The Labute approximate surface area is 218 Å². The van der Waals surface area contributed by atoms with Crippen molar-refractivity contribution in [1.29, 1.82) is 0 Å². The van der Waals surface area contributed by atoms with Crippen molar-refractivity contribution in [2.24, 2.45) is 11.7 Å². The van der Waals surface area contributed by atoms with Gasteiger partial charge < -0.3 is 11.1 Å². The van der Waals surface area contributed by atoms with Crippen molar-refractivity contribution in [2.75, 3.05) is 6.54 Å². The van der Waals surface area contributed by atoms with Gasteiger partial charge in [-0.05, 0) is 92.1 Å². The van der Waals surface area contributed by atoms with Gasteiger partial charge in [0.25, 0.3) is 0 Å². The van der Waals surface area contributed by atoms with Crippen LogP contribution in [0, 0.1) is 11.7 Å². The molecule has 37 heavy (non-hydrogen) atoms. The predicted molar refractivity (Wildman–Crippen MR) is 144 cm³/mol. The Kier molecular flexibility index (Phi) is 8.74. The molecule has 1 atom stereocenters. The van der Waals surface area contributed by atoms with Gasteiger partial charge in [-0.1, -0.05) is 48.5 Å². The first-order valence-electron chi connectivity index (χ1n) is 12.7. The number of carbonyl (C=O) groups excluding carboxylic acids is 1. The zero-order valence-electron chi connectivity index (χ0n) is 21.0. The van der Waals surface area contributed by atoms with E-state index in [0.29, 0.717) is 32.2 Å². The van der Waals surface area contributed by atoms with E-state index in [1.54, 1.807) is 24.3 Å². The van der Waals surface area contributed by atoms with E-state index in [9.17, 15) is 17.6 Å². The van der Waals surface area contributed by atoms with Gasteiger partial charge in [0.1, 0.15) is 5.82 Å². The number of hydrogen-bond acceptors (Lipinski definition) is 4. The fourth-order valence-corrected chi connectivity index (χ4v) is 6.13. The number of amides is 1. The summed E-state index contributed by atoms with van der Waals surface area (Å²) in [6.07, 6.45) is 3.18. The van der Waals surface area contributed by atoms with Gasteiger partial charge in [-0.15, -0.1) is 0 Å². The molecule has 8 heteroatoms. The molecule has 4 rings (SSSR count). The van der Waals surface area contributed by atoms with E-state index in [1.165, 1.54) is 12.1 Å². The molecule has 0 saturated heterocycles. The van der Waals surface area contributed by atoms with Gasteiger partial charge in [-0.2, -0.15) is 0 Å². The topological polar surface area (TPSA) is 101 Å². The molecule has 3 aromatic carbocycles. The Morgan fingerprint density at radius 1 is 0.973 bits per heavy atom. The molecule has 1 aliphatic carbocycles. The molecule has 0 heterocycles. The number of hydrogen-bond donors (Lipinski definition) is 3. The Morgan fingerprint density at radius 2 is 1.65 bits per heavy atom. The summed E-state index contributed by atoms with van der Waals surface area (Å²) in [4.78, 5) is 13.0. The van der Waals surface area contributed by atoms with Crippen molar-refractivity contribution < 1.29 is 17.6 Å². The summed E-state index contributed by atoms with van der Waals surface area (Å²) in [5, 5.41) is 3.00. The van der Waals surface area contributed by atoms with Crippen molar-refractivity contribution in [3.63, 3.8) is 0 Å². The number of sulfonamides is 1. The third kappa shape index (κ3) is 7.03. The van der Waals surface area contributed by atoms with Crippen LogP contribution in [0.25, 0.3) is 11.1 Å². The van der Waals surface area contributed by atoms with Gasteiger partial charge in [-0.3, -0.25) is 4.79 Å². The van der Waals surface area contributed by atoms with Crippen LogP contribution in [0.3, 0.4) is 0 Å². The maximum absolute atomic E-state index is 13.2. The minimum Gasteiger partial charge on any atom is -0.349 e. The van der Waals surface area contributed by atoms with Crippen LogP contribution in [0.15, 0.2) is 77.7 Å². The molecule has 4 N–H and O–H groups in total. The molecule has 0 bridgehead atoms. The lowest BCUT2D eigenvalue weighted by atomic mass is 9.85. The number of halogens is 1. The van der Waals surface area contributed by atoms with Crippen molar-refractivity contribution in [3.8, 4) is 11.1 Å².